The Hall–Kier alpha value is -0.860. The van der Waals surface area contributed by atoms with Crippen molar-refractivity contribution in [3.63, 3.8) is 0 Å². The van der Waals surface area contributed by atoms with Crippen LogP contribution >= 0.6 is 11.6 Å². The Labute approximate surface area is 108 Å². The van der Waals surface area contributed by atoms with Gasteiger partial charge in [-0.3, -0.25) is 0 Å². The highest BCUT2D eigenvalue weighted by atomic mass is 35.5. The van der Waals surface area contributed by atoms with Gasteiger partial charge in [0, 0.05) is 22.7 Å². The monoisotopic (exact) mass is 255 g/mol. The summed E-state index contributed by atoms with van der Waals surface area (Å²) in [6, 6.07) is 4.72. The van der Waals surface area contributed by atoms with Crippen LogP contribution in [0.4, 0.5) is 4.39 Å². The minimum Gasteiger partial charge on any atom is -0.308 e. The van der Waals surface area contributed by atoms with E-state index in [1.54, 1.807) is 12.1 Å². The fraction of sp³-hybridized carbons (Fsp3) is 0.429. The zero-order valence-electron chi connectivity index (χ0n) is 10.8. The second-order valence-electron chi connectivity index (χ2n) is 5.26. The third-order valence-corrected chi connectivity index (χ3v) is 2.50. The number of benzene rings is 1. The van der Waals surface area contributed by atoms with Crippen LogP contribution in [0, 0.1) is 5.82 Å². The van der Waals surface area contributed by atoms with Crippen LogP contribution in [-0.2, 0) is 0 Å². The third kappa shape index (κ3) is 5.33. The first kappa shape index (κ1) is 14.2. The molecule has 0 aliphatic heterocycles. The maximum atomic E-state index is 13.5. The van der Waals surface area contributed by atoms with E-state index in [9.17, 15) is 4.39 Å². The van der Waals surface area contributed by atoms with Gasteiger partial charge >= 0.3 is 0 Å². The smallest absolute Gasteiger partial charge is 0.131 e. The quantitative estimate of drug-likeness (QED) is 0.851. The second-order valence-corrected chi connectivity index (χ2v) is 5.70. The summed E-state index contributed by atoms with van der Waals surface area (Å²) in [6.07, 6.45) is 1.84. The fourth-order valence-corrected chi connectivity index (χ4v) is 1.50. The highest BCUT2D eigenvalue weighted by Crippen LogP contribution is 2.17. The van der Waals surface area contributed by atoms with E-state index >= 15 is 0 Å². The summed E-state index contributed by atoms with van der Waals surface area (Å²) in [5.74, 6) is -0.285. The van der Waals surface area contributed by atoms with E-state index in [0.717, 1.165) is 12.1 Å². The summed E-state index contributed by atoms with van der Waals surface area (Å²) >= 11 is 5.70. The van der Waals surface area contributed by atoms with Crippen LogP contribution in [0.1, 0.15) is 33.3 Å². The number of nitrogens with one attached hydrogen (secondary N) is 1. The predicted molar refractivity (Wildman–Crippen MR) is 72.8 cm³/mol. The SMILES string of the molecule is C/C(=C/c1ccc(Cl)cc1F)CNC(C)(C)C. The van der Waals surface area contributed by atoms with Crippen LogP contribution in [0.3, 0.4) is 0 Å². The Morgan fingerprint density at radius 2 is 2.06 bits per heavy atom. The molecule has 1 rings (SSSR count). The zero-order chi connectivity index (χ0) is 13.1. The van der Waals surface area contributed by atoms with Gasteiger partial charge in [-0.25, -0.2) is 4.39 Å². The van der Waals surface area contributed by atoms with Gasteiger partial charge in [0.1, 0.15) is 5.82 Å². The molecule has 0 atom stereocenters. The molecule has 0 aliphatic carbocycles. The number of halogens is 2. The van der Waals surface area contributed by atoms with E-state index in [0.29, 0.717) is 10.6 Å². The Morgan fingerprint density at radius 3 is 2.59 bits per heavy atom. The van der Waals surface area contributed by atoms with Gasteiger partial charge in [-0.05, 0) is 39.8 Å². The van der Waals surface area contributed by atoms with Crippen molar-refractivity contribution in [2.45, 2.75) is 33.2 Å². The first-order valence-corrected chi connectivity index (χ1v) is 6.03. The minimum atomic E-state index is -0.285. The molecule has 94 valence electrons. The molecule has 0 heterocycles. The van der Waals surface area contributed by atoms with E-state index in [1.807, 2.05) is 13.0 Å². The number of hydrogen-bond acceptors (Lipinski definition) is 1. The molecule has 0 unspecified atom stereocenters. The summed E-state index contributed by atoms with van der Waals surface area (Å²) in [5.41, 5.74) is 1.72. The van der Waals surface area contributed by atoms with E-state index in [-0.39, 0.29) is 11.4 Å². The lowest BCUT2D eigenvalue weighted by molar-refractivity contribution is 0.445. The molecule has 0 saturated carbocycles. The van der Waals surface area contributed by atoms with E-state index in [2.05, 4.69) is 26.1 Å². The molecule has 0 aliphatic rings. The van der Waals surface area contributed by atoms with Crippen molar-refractivity contribution in [1.82, 2.24) is 5.32 Å². The maximum Gasteiger partial charge on any atom is 0.131 e. The summed E-state index contributed by atoms with van der Waals surface area (Å²) in [7, 11) is 0. The van der Waals surface area contributed by atoms with Gasteiger partial charge in [0.05, 0.1) is 0 Å². The van der Waals surface area contributed by atoms with Crippen LogP contribution in [-0.4, -0.2) is 12.1 Å². The fourth-order valence-electron chi connectivity index (χ4n) is 1.34. The molecule has 1 N–H and O–H groups in total. The molecule has 1 aromatic rings. The molecule has 0 saturated heterocycles. The molecule has 0 bridgehead atoms. The molecule has 3 heteroatoms. The molecular weight excluding hydrogens is 237 g/mol. The molecule has 0 spiro atoms. The molecule has 1 nitrogen and oxygen atoms in total. The van der Waals surface area contributed by atoms with Gasteiger partial charge < -0.3 is 5.32 Å². The first-order valence-electron chi connectivity index (χ1n) is 5.65. The van der Waals surface area contributed by atoms with E-state index < -0.39 is 0 Å². The van der Waals surface area contributed by atoms with E-state index in [4.69, 9.17) is 11.6 Å². The summed E-state index contributed by atoms with van der Waals surface area (Å²) < 4.78 is 13.5. The van der Waals surface area contributed by atoms with Crippen molar-refractivity contribution < 1.29 is 4.39 Å². The van der Waals surface area contributed by atoms with Crippen molar-refractivity contribution in [2.24, 2.45) is 0 Å². The molecule has 0 radical (unpaired) electrons. The number of hydrogen-bond donors (Lipinski definition) is 1. The van der Waals surface area contributed by atoms with Gasteiger partial charge in [0.15, 0.2) is 0 Å². The topological polar surface area (TPSA) is 12.0 Å². The molecule has 0 amide bonds. The van der Waals surface area contributed by atoms with Gasteiger partial charge in [-0.2, -0.15) is 0 Å². The van der Waals surface area contributed by atoms with Crippen molar-refractivity contribution in [2.75, 3.05) is 6.54 Å². The van der Waals surface area contributed by atoms with E-state index in [1.165, 1.54) is 6.07 Å². The average Bonchev–Trinajstić information content (AvgIpc) is 2.18. The van der Waals surface area contributed by atoms with Crippen molar-refractivity contribution in [3.05, 3.63) is 40.2 Å². The van der Waals surface area contributed by atoms with Gasteiger partial charge in [-0.15, -0.1) is 0 Å². The highest BCUT2D eigenvalue weighted by Gasteiger charge is 2.08. The standard InChI is InChI=1S/C14H19ClFN/c1-10(9-17-14(2,3)4)7-11-5-6-12(15)8-13(11)16/h5-8,17H,9H2,1-4H3/b10-7-. The van der Waals surface area contributed by atoms with Crippen LogP contribution in [0.25, 0.3) is 6.08 Å². The molecule has 0 fully saturated rings. The lowest BCUT2D eigenvalue weighted by atomic mass is 10.1. The van der Waals surface area contributed by atoms with Crippen molar-refractivity contribution >= 4 is 17.7 Å². The summed E-state index contributed by atoms with van der Waals surface area (Å²) in [4.78, 5) is 0. The lowest BCUT2D eigenvalue weighted by Gasteiger charge is -2.20. The number of rotatable bonds is 3. The Bertz CT molecular complexity index is 419. The van der Waals surface area contributed by atoms with Crippen LogP contribution < -0.4 is 5.32 Å². The Morgan fingerprint density at radius 1 is 1.41 bits per heavy atom. The average molecular weight is 256 g/mol. The summed E-state index contributed by atoms with van der Waals surface area (Å²) in [5, 5.41) is 3.78. The van der Waals surface area contributed by atoms with Crippen molar-refractivity contribution in [3.8, 4) is 0 Å². The van der Waals surface area contributed by atoms with Crippen LogP contribution in [0.5, 0.6) is 0 Å². The van der Waals surface area contributed by atoms with Crippen molar-refractivity contribution in [1.29, 1.82) is 0 Å². The Kier molecular flexibility index (Phi) is 4.72. The van der Waals surface area contributed by atoms with Crippen LogP contribution in [0.2, 0.25) is 5.02 Å². The van der Waals surface area contributed by atoms with Gasteiger partial charge in [0.25, 0.3) is 0 Å². The maximum absolute atomic E-state index is 13.5. The molecule has 1 aromatic carbocycles. The van der Waals surface area contributed by atoms with Crippen LogP contribution in [0.15, 0.2) is 23.8 Å². The molecular formula is C14H19ClFN. The second kappa shape index (κ2) is 5.65. The first-order chi connectivity index (χ1) is 7.78. The Balaban J connectivity index is 2.74. The van der Waals surface area contributed by atoms with Gasteiger partial charge in [-0.1, -0.05) is 29.3 Å². The minimum absolute atomic E-state index is 0.0631. The van der Waals surface area contributed by atoms with Gasteiger partial charge in [0.2, 0.25) is 0 Å². The normalized spacial score (nSPS) is 12.9. The molecule has 17 heavy (non-hydrogen) atoms. The lowest BCUT2D eigenvalue weighted by Crippen LogP contribution is -2.36. The summed E-state index contributed by atoms with van der Waals surface area (Å²) in [6.45, 7) is 9.02. The highest BCUT2D eigenvalue weighted by molar-refractivity contribution is 6.30. The zero-order valence-corrected chi connectivity index (χ0v) is 11.5. The largest absolute Gasteiger partial charge is 0.308 e. The predicted octanol–water partition coefficient (Wildman–Crippen LogP) is 4.27. The molecule has 0 aromatic heterocycles. The third-order valence-electron chi connectivity index (χ3n) is 2.26.